The van der Waals surface area contributed by atoms with Gasteiger partial charge in [-0.15, -0.1) is 0 Å². The number of hydrogen-bond acceptors (Lipinski definition) is 4. The zero-order valence-electron chi connectivity index (χ0n) is 7.69. The van der Waals surface area contributed by atoms with Gasteiger partial charge in [-0.2, -0.15) is 12.7 Å². The van der Waals surface area contributed by atoms with Gasteiger partial charge in [-0.1, -0.05) is 0 Å². The molecule has 1 aliphatic rings. The average Bonchev–Trinajstić information content (AvgIpc) is 2.50. The third kappa shape index (κ3) is 2.18. The molecular weight excluding hydrogens is 194 g/mol. The molecule has 3 N–H and O–H groups in total. The molecule has 0 amide bonds. The molecule has 0 aliphatic carbocycles. The molecule has 1 saturated heterocycles. The standard InChI is InChI=1S/C6H15N3O3S/c1-7-13(11,12)9(2)5-3-8-4-6(5)10/h5-8,10H,3-4H2,1-2H3/t5-,6-/m0/s1. The Morgan fingerprint density at radius 1 is 1.54 bits per heavy atom. The lowest BCUT2D eigenvalue weighted by molar-refractivity contribution is 0.136. The van der Waals surface area contributed by atoms with E-state index in [1.165, 1.54) is 14.1 Å². The molecule has 13 heavy (non-hydrogen) atoms. The fraction of sp³-hybridized carbons (Fsp3) is 1.00. The van der Waals surface area contributed by atoms with Gasteiger partial charge in [0.05, 0.1) is 12.1 Å². The minimum absolute atomic E-state index is 0.377. The highest BCUT2D eigenvalue weighted by molar-refractivity contribution is 7.87. The minimum atomic E-state index is -3.43. The molecule has 0 aromatic rings. The molecule has 0 aromatic heterocycles. The van der Waals surface area contributed by atoms with Crippen LogP contribution < -0.4 is 10.0 Å². The predicted molar refractivity (Wildman–Crippen MR) is 48.4 cm³/mol. The number of nitrogens with zero attached hydrogens (tertiary/aromatic N) is 1. The van der Waals surface area contributed by atoms with Crippen molar-refractivity contribution in [3.8, 4) is 0 Å². The van der Waals surface area contributed by atoms with E-state index in [2.05, 4.69) is 10.0 Å². The first-order chi connectivity index (χ1) is 5.99. The van der Waals surface area contributed by atoms with Crippen molar-refractivity contribution in [2.24, 2.45) is 0 Å². The van der Waals surface area contributed by atoms with E-state index in [-0.39, 0.29) is 6.04 Å². The largest absolute Gasteiger partial charge is 0.390 e. The van der Waals surface area contributed by atoms with E-state index in [0.29, 0.717) is 13.1 Å². The first kappa shape index (κ1) is 10.9. The maximum Gasteiger partial charge on any atom is 0.279 e. The van der Waals surface area contributed by atoms with Crippen molar-refractivity contribution < 1.29 is 13.5 Å². The van der Waals surface area contributed by atoms with Crippen LogP contribution in [0.2, 0.25) is 0 Å². The molecule has 0 bridgehead atoms. The molecule has 0 spiro atoms. The molecule has 1 aliphatic heterocycles. The van der Waals surface area contributed by atoms with Crippen LogP contribution in [0.1, 0.15) is 0 Å². The van der Waals surface area contributed by atoms with Crippen LogP contribution in [0.5, 0.6) is 0 Å². The van der Waals surface area contributed by atoms with Gasteiger partial charge < -0.3 is 10.4 Å². The SMILES string of the molecule is CNS(=O)(=O)N(C)[C@H]1CNC[C@@H]1O. The van der Waals surface area contributed by atoms with Crippen molar-refractivity contribution >= 4 is 10.2 Å². The highest BCUT2D eigenvalue weighted by Gasteiger charge is 2.33. The lowest BCUT2D eigenvalue weighted by atomic mass is 10.2. The second-order valence-electron chi connectivity index (χ2n) is 3.02. The van der Waals surface area contributed by atoms with Gasteiger partial charge in [0.1, 0.15) is 0 Å². The maximum absolute atomic E-state index is 11.3. The smallest absolute Gasteiger partial charge is 0.279 e. The summed E-state index contributed by atoms with van der Waals surface area (Å²) in [6, 6.07) is -0.377. The number of aliphatic hydroxyl groups excluding tert-OH is 1. The number of aliphatic hydroxyl groups is 1. The van der Waals surface area contributed by atoms with Crippen molar-refractivity contribution in [1.29, 1.82) is 0 Å². The zero-order chi connectivity index (χ0) is 10.1. The Morgan fingerprint density at radius 2 is 2.15 bits per heavy atom. The number of nitrogens with one attached hydrogen (secondary N) is 2. The highest BCUT2D eigenvalue weighted by Crippen LogP contribution is 2.09. The molecule has 78 valence electrons. The maximum atomic E-state index is 11.3. The Morgan fingerprint density at radius 3 is 2.54 bits per heavy atom. The zero-order valence-corrected chi connectivity index (χ0v) is 8.50. The van der Waals surface area contributed by atoms with Crippen molar-refractivity contribution in [2.45, 2.75) is 12.1 Å². The Kier molecular flexibility index (Phi) is 3.25. The van der Waals surface area contributed by atoms with E-state index >= 15 is 0 Å². The van der Waals surface area contributed by atoms with Crippen LogP contribution in [-0.4, -0.2) is 57.2 Å². The van der Waals surface area contributed by atoms with Crippen LogP contribution in [-0.2, 0) is 10.2 Å². The molecular formula is C6H15N3O3S. The van der Waals surface area contributed by atoms with Gasteiger partial charge in [0.2, 0.25) is 0 Å². The topological polar surface area (TPSA) is 81.7 Å². The molecule has 0 saturated carbocycles. The van der Waals surface area contributed by atoms with Crippen LogP contribution in [0.3, 0.4) is 0 Å². The number of β-amino-alcohol motifs (C(OH)–C–C–N with tert-alkyl or cyclic N) is 1. The lowest BCUT2D eigenvalue weighted by Crippen LogP contribution is -2.48. The fourth-order valence-corrected chi connectivity index (χ4v) is 2.20. The summed E-state index contributed by atoms with van der Waals surface area (Å²) >= 11 is 0. The van der Waals surface area contributed by atoms with Gasteiger partial charge in [0.25, 0.3) is 10.2 Å². The molecule has 6 nitrogen and oxygen atoms in total. The van der Waals surface area contributed by atoms with Crippen LogP contribution in [0.25, 0.3) is 0 Å². The normalized spacial score (nSPS) is 29.8. The summed E-state index contributed by atoms with van der Waals surface area (Å²) in [5.74, 6) is 0. The summed E-state index contributed by atoms with van der Waals surface area (Å²) in [7, 11) is -0.632. The molecule has 2 atom stereocenters. The Balaban J connectivity index is 2.72. The van der Waals surface area contributed by atoms with Gasteiger partial charge in [0, 0.05) is 27.2 Å². The van der Waals surface area contributed by atoms with Crippen LogP contribution >= 0.6 is 0 Å². The second-order valence-corrected chi connectivity index (χ2v) is 4.95. The van der Waals surface area contributed by atoms with Crippen LogP contribution in [0.15, 0.2) is 0 Å². The van der Waals surface area contributed by atoms with Gasteiger partial charge in [-0.05, 0) is 0 Å². The quantitative estimate of drug-likeness (QED) is 0.489. The van der Waals surface area contributed by atoms with E-state index in [0.717, 1.165) is 4.31 Å². The summed E-state index contributed by atoms with van der Waals surface area (Å²) in [5, 5.41) is 12.3. The Bertz CT molecular complexity index is 266. The molecule has 7 heteroatoms. The fourth-order valence-electron chi connectivity index (χ4n) is 1.34. The van der Waals surface area contributed by atoms with Gasteiger partial charge in [-0.25, -0.2) is 4.72 Å². The van der Waals surface area contributed by atoms with Gasteiger partial charge in [-0.3, -0.25) is 0 Å². The number of rotatable bonds is 3. The molecule has 0 unspecified atom stereocenters. The Labute approximate surface area is 78.1 Å². The number of hydrogen-bond donors (Lipinski definition) is 3. The van der Waals surface area contributed by atoms with Crippen LogP contribution in [0, 0.1) is 0 Å². The van der Waals surface area contributed by atoms with Crippen LogP contribution in [0.4, 0.5) is 0 Å². The average molecular weight is 209 g/mol. The number of likely N-dealkylation sites (N-methyl/N-ethyl adjacent to an activating group) is 1. The second kappa shape index (κ2) is 3.89. The summed E-state index contributed by atoms with van der Waals surface area (Å²) < 4.78 is 26.0. The first-order valence-electron chi connectivity index (χ1n) is 4.04. The first-order valence-corrected chi connectivity index (χ1v) is 5.48. The molecule has 0 aromatic carbocycles. The third-order valence-corrected chi connectivity index (χ3v) is 3.80. The van der Waals surface area contributed by atoms with Crippen molar-refractivity contribution in [2.75, 3.05) is 27.2 Å². The lowest BCUT2D eigenvalue weighted by Gasteiger charge is -2.24. The molecule has 0 radical (unpaired) electrons. The highest BCUT2D eigenvalue weighted by atomic mass is 32.2. The summed E-state index contributed by atoms with van der Waals surface area (Å²) in [6.45, 7) is 0.923. The summed E-state index contributed by atoms with van der Waals surface area (Å²) in [5.41, 5.74) is 0. The third-order valence-electron chi connectivity index (χ3n) is 2.26. The predicted octanol–water partition coefficient (Wildman–Crippen LogP) is -2.28. The van der Waals surface area contributed by atoms with E-state index in [1.807, 2.05) is 0 Å². The minimum Gasteiger partial charge on any atom is -0.390 e. The molecule has 1 rings (SSSR count). The Hall–Kier alpha value is -0.210. The van der Waals surface area contributed by atoms with E-state index < -0.39 is 16.3 Å². The van der Waals surface area contributed by atoms with E-state index in [9.17, 15) is 13.5 Å². The van der Waals surface area contributed by atoms with Gasteiger partial charge in [0.15, 0.2) is 0 Å². The summed E-state index contributed by atoms with van der Waals surface area (Å²) in [4.78, 5) is 0. The molecule has 1 heterocycles. The van der Waals surface area contributed by atoms with Gasteiger partial charge >= 0.3 is 0 Å². The van der Waals surface area contributed by atoms with Crippen molar-refractivity contribution in [1.82, 2.24) is 14.3 Å². The monoisotopic (exact) mass is 209 g/mol. The summed E-state index contributed by atoms with van der Waals surface area (Å²) in [6.07, 6.45) is -0.631. The van der Waals surface area contributed by atoms with Crippen molar-refractivity contribution in [3.05, 3.63) is 0 Å². The van der Waals surface area contributed by atoms with Crippen molar-refractivity contribution in [3.63, 3.8) is 0 Å². The molecule has 1 fully saturated rings. The van der Waals surface area contributed by atoms with E-state index in [4.69, 9.17) is 0 Å². The van der Waals surface area contributed by atoms with E-state index in [1.54, 1.807) is 0 Å².